The van der Waals surface area contributed by atoms with Gasteiger partial charge in [0.15, 0.2) is 4.80 Å². The van der Waals surface area contributed by atoms with Crippen LogP contribution in [0.5, 0.6) is 0 Å². The number of hydrogen-bond donors (Lipinski definition) is 0. The number of fused-ring (bicyclic) bond motifs is 2. The summed E-state index contributed by atoms with van der Waals surface area (Å²) in [5, 5.41) is 11.6. The number of thiazole rings is 1. The van der Waals surface area contributed by atoms with E-state index in [1.54, 1.807) is 23.6 Å². The van der Waals surface area contributed by atoms with Gasteiger partial charge in [-0.25, -0.2) is 0 Å². The summed E-state index contributed by atoms with van der Waals surface area (Å²) < 4.78 is 8.51. The largest absolute Gasteiger partial charge is 0.465 e. The fraction of sp³-hybridized carbons (Fsp3) is 0.227. The summed E-state index contributed by atoms with van der Waals surface area (Å²) in [6.07, 6.45) is 0. The normalized spacial score (nSPS) is 11.9. The van der Waals surface area contributed by atoms with Crippen LogP contribution in [0, 0.1) is 24.0 Å². The zero-order valence-electron chi connectivity index (χ0n) is 17.6. The van der Waals surface area contributed by atoms with Gasteiger partial charge in [0.05, 0.1) is 26.6 Å². The average molecular weight is 470 g/mol. The second-order valence-electron chi connectivity index (χ2n) is 7.21. The Kier molecular flexibility index (Phi) is 5.90. The number of nitro groups is 1. The lowest BCUT2D eigenvalue weighted by Crippen LogP contribution is -2.23. The highest BCUT2D eigenvalue weighted by Crippen LogP contribution is 2.29. The molecule has 0 aliphatic heterocycles. The van der Waals surface area contributed by atoms with Gasteiger partial charge in [0.25, 0.3) is 11.6 Å². The Hall–Kier alpha value is -3.37. The molecule has 2 heterocycles. The van der Waals surface area contributed by atoms with E-state index in [9.17, 15) is 19.7 Å². The molecule has 2 aromatic carbocycles. The lowest BCUT2D eigenvalue weighted by molar-refractivity contribution is -0.384. The number of aryl methyl sites for hydroxylation is 2. The number of ether oxygens (including phenoxy) is 1. The van der Waals surface area contributed by atoms with E-state index in [0.29, 0.717) is 15.1 Å². The minimum Gasteiger partial charge on any atom is -0.465 e. The van der Waals surface area contributed by atoms with Gasteiger partial charge in [-0.05, 0) is 50.1 Å². The van der Waals surface area contributed by atoms with Crippen molar-refractivity contribution in [3.63, 3.8) is 0 Å². The number of nitrogens with zero attached hydrogens (tertiary/aromatic N) is 3. The lowest BCUT2D eigenvalue weighted by atomic mass is 10.1. The number of hydrogen-bond acceptors (Lipinski definition) is 7. The van der Waals surface area contributed by atoms with E-state index >= 15 is 0 Å². The second-order valence-corrected chi connectivity index (χ2v) is 9.27. The Balaban J connectivity index is 1.82. The van der Waals surface area contributed by atoms with Crippen LogP contribution in [0.25, 0.3) is 20.3 Å². The van der Waals surface area contributed by atoms with Crippen molar-refractivity contribution in [1.29, 1.82) is 0 Å². The van der Waals surface area contributed by atoms with Gasteiger partial charge in [0.2, 0.25) is 0 Å². The Morgan fingerprint density at radius 1 is 1.16 bits per heavy atom. The van der Waals surface area contributed by atoms with Crippen LogP contribution >= 0.6 is 22.7 Å². The summed E-state index contributed by atoms with van der Waals surface area (Å²) in [4.78, 5) is 40.8. The molecule has 0 unspecified atom stereocenters. The highest BCUT2D eigenvalue weighted by atomic mass is 32.1. The molecule has 4 rings (SSSR count). The maximum atomic E-state index is 13.0. The van der Waals surface area contributed by atoms with Crippen LogP contribution in [0.3, 0.4) is 0 Å². The molecule has 2 aromatic heterocycles. The zero-order valence-corrected chi connectivity index (χ0v) is 19.2. The number of esters is 1. The predicted molar refractivity (Wildman–Crippen MR) is 124 cm³/mol. The van der Waals surface area contributed by atoms with Crippen LogP contribution in [0.15, 0.2) is 41.4 Å². The molecule has 0 radical (unpaired) electrons. The smallest absolute Gasteiger partial charge is 0.326 e. The number of carbonyl (C=O) groups is 2. The third kappa shape index (κ3) is 4.19. The quantitative estimate of drug-likeness (QED) is 0.238. The molecule has 0 fully saturated rings. The van der Waals surface area contributed by atoms with Crippen LogP contribution < -0.4 is 4.80 Å². The fourth-order valence-corrected chi connectivity index (χ4v) is 5.48. The zero-order chi connectivity index (χ0) is 23.0. The molecule has 4 aromatic rings. The Bertz CT molecular complexity index is 1460. The van der Waals surface area contributed by atoms with E-state index in [1.165, 1.54) is 34.8 Å². The first kappa shape index (κ1) is 21.8. The SMILES string of the molecule is CCOC(=O)Cn1c(=NC(=O)c2cc3cc([N+](=O)[O-])ccc3s2)sc2c(C)cc(C)cc21. The molecule has 0 N–H and O–H groups in total. The topological polar surface area (TPSA) is 104 Å². The van der Waals surface area contributed by atoms with Crippen molar-refractivity contribution < 1.29 is 19.2 Å². The molecule has 0 aliphatic rings. The van der Waals surface area contributed by atoms with E-state index in [1.807, 2.05) is 26.0 Å². The van der Waals surface area contributed by atoms with Gasteiger partial charge < -0.3 is 9.30 Å². The van der Waals surface area contributed by atoms with Gasteiger partial charge in [-0.3, -0.25) is 19.7 Å². The molecule has 0 atom stereocenters. The van der Waals surface area contributed by atoms with Gasteiger partial charge in [0.1, 0.15) is 6.54 Å². The minimum atomic E-state index is -0.469. The van der Waals surface area contributed by atoms with E-state index in [2.05, 4.69) is 4.99 Å². The number of carbonyl (C=O) groups excluding carboxylic acids is 2. The number of amides is 1. The van der Waals surface area contributed by atoms with Crippen molar-refractivity contribution in [1.82, 2.24) is 4.57 Å². The van der Waals surface area contributed by atoms with Crippen LogP contribution in [-0.2, 0) is 16.1 Å². The number of benzene rings is 2. The summed E-state index contributed by atoms with van der Waals surface area (Å²) in [5.41, 5.74) is 2.85. The monoisotopic (exact) mass is 469 g/mol. The second kappa shape index (κ2) is 8.64. The number of aromatic nitrogens is 1. The standard InChI is InChI=1S/C22H19N3O5S2/c1-4-30-19(26)11-24-16-8-12(2)7-13(3)20(16)32-22(24)23-21(27)18-10-14-9-15(25(28)29)5-6-17(14)31-18/h5-10H,4,11H2,1-3H3. The molecule has 32 heavy (non-hydrogen) atoms. The third-order valence-electron chi connectivity index (χ3n) is 4.83. The Labute approximate surface area is 190 Å². The first-order valence-electron chi connectivity index (χ1n) is 9.80. The molecule has 0 aliphatic carbocycles. The highest BCUT2D eigenvalue weighted by Gasteiger charge is 2.16. The molecule has 10 heteroatoms. The van der Waals surface area contributed by atoms with Gasteiger partial charge >= 0.3 is 5.97 Å². The maximum absolute atomic E-state index is 13.0. The van der Waals surface area contributed by atoms with Crippen molar-refractivity contribution in [2.75, 3.05) is 6.61 Å². The van der Waals surface area contributed by atoms with E-state index in [4.69, 9.17) is 4.74 Å². The summed E-state index contributed by atoms with van der Waals surface area (Å²) in [6.45, 7) is 5.89. The average Bonchev–Trinajstić information content (AvgIpc) is 3.30. The third-order valence-corrected chi connectivity index (χ3v) is 7.16. The summed E-state index contributed by atoms with van der Waals surface area (Å²) in [6, 6.07) is 10.1. The van der Waals surface area contributed by atoms with Crippen LogP contribution in [0.4, 0.5) is 5.69 Å². The molecule has 164 valence electrons. The minimum absolute atomic E-state index is 0.0335. The molecule has 0 spiro atoms. The van der Waals surface area contributed by atoms with Gasteiger partial charge in [-0.15, -0.1) is 11.3 Å². The fourth-order valence-electron chi connectivity index (χ4n) is 3.48. The molecule has 0 bridgehead atoms. The summed E-state index contributed by atoms with van der Waals surface area (Å²) in [7, 11) is 0. The van der Waals surface area contributed by atoms with Gasteiger partial charge in [-0.1, -0.05) is 17.4 Å². The van der Waals surface area contributed by atoms with Crippen LogP contribution in [0.1, 0.15) is 27.7 Å². The van der Waals surface area contributed by atoms with E-state index in [-0.39, 0.29) is 18.8 Å². The molecular weight excluding hydrogens is 450 g/mol. The Morgan fingerprint density at radius 2 is 1.94 bits per heavy atom. The Morgan fingerprint density at radius 3 is 2.66 bits per heavy atom. The number of thiophene rings is 1. The number of non-ortho nitro benzene ring substituents is 1. The van der Waals surface area contributed by atoms with Crippen LogP contribution in [0.2, 0.25) is 0 Å². The van der Waals surface area contributed by atoms with Crippen molar-refractivity contribution in [3.05, 3.63) is 67.3 Å². The first-order chi connectivity index (χ1) is 15.3. The predicted octanol–water partition coefficient (Wildman–Crippen LogP) is 4.75. The van der Waals surface area contributed by atoms with Gasteiger partial charge in [-0.2, -0.15) is 4.99 Å². The van der Waals surface area contributed by atoms with Crippen molar-refractivity contribution in [2.45, 2.75) is 27.3 Å². The van der Waals surface area contributed by atoms with Gasteiger partial charge in [0, 0.05) is 22.2 Å². The molecule has 0 saturated heterocycles. The summed E-state index contributed by atoms with van der Waals surface area (Å²) in [5.74, 6) is -0.873. The number of rotatable bonds is 5. The molecule has 0 saturated carbocycles. The first-order valence-corrected chi connectivity index (χ1v) is 11.4. The van der Waals surface area contributed by atoms with Crippen molar-refractivity contribution in [2.24, 2.45) is 4.99 Å². The molecular formula is C22H19N3O5S2. The van der Waals surface area contributed by atoms with Crippen LogP contribution in [-0.4, -0.2) is 28.0 Å². The van der Waals surface area contributed by atoms with Crippen molar-refractivity contribution >= 4 is 60.5 Å². The molecule has 8 nitrogen and oxygen atoms in total. The summed E-state index contributed by atoms with van der Waals surface area (Å²) >= 11 is 2.56. The number of nitro benzene ring substituents is 1. The molecule has 1 amide bonds. The lowest BCUT2D eigenvalue weighted by Gasteiger charge is -2.06. The highest BCUT2D eigenvalue weighted by molar-refractivity contribution is 7.21. The van der Waals surface area contributed by atoms with E-state index in [0.717, 1.165) is 26.0 Å². The van der Waals surface area contributed by atoms with Crippen molar-refractivity contribution in [3.8, 4) is 0 Å². The van der Waals surface area contributed by atoms with E-state index < -0.39 is 16.8 Å². The maximum Gasteiger partial charge on any atom is 0.326 e.